The van der Waals surface area contributed by atoms with Gasteiger partial charge in [0.1, 0.15) is 0 Å². The third kappa shape index (κ3) is 3.14. The smallest absolute Gasteiger partial charge is 0.0833 e. The van der Waals surface area contributed by atoms with Crippen molar-refractivity contribution < 1.29 is 5.11 Å². The van der Waals surface area contributed by atoms with E-state index >= 15 is 0 Å². The van der Waals surface area contributed by atoms with E-state index < -0.39 is 0 Å². The third-order valence-electron chi connectivity index (χ3n) is 2.65. The predicted molar refractivity (Wildman–Crippen MR) is 68.7 cm³/mol. The molecule has 2 rings (SSSR count). The molecule has 0 fully saturated rings. The zero-order chi connectivity index (χ0) is 12.3. The van der Waals surface area contributed by atoms with Crippen LogP contribution in [0.2, 0.25) is 0 Å². The molecule has 1 heterocycles. The van der Waals surface area contributed by atoms with E-state index in [9.17, 15) is 5.11 Å². The maximum atomic E-state index is 9.47. The molecule has 0 saturated heterocycles. The van der Waals surface area contributed by atoms with E-state index in [2.05, 4.69) is 26.2 Å². The van der Waals surface area contributed by atoms with Gasteiger partial charge in [0, 0.05) is 30.1 Å². The Morgan fingerprint density at radius 2 is 2.29 bits per heavy atom. The normalized spacial score (nSPS) is 12.6. The molecule has 1 unspecified atom stereocenters. The van der Waals surface area contributed by atoms with Crippen molar-refractivity contribution in [2.24, 2.45) is 7.05 Å². The molecule has 0 spiro atoms. The highest BCUT2D eigenvalue weighted by atomic mass is 79.9. The van der Waals surface area contributed by atoms with Crippen LogP contribution in [0, 0.1) is 0 Å². The van der Waals surface area contributed by atoms with Gasteiger partial charge in [0.05, 0.1) is 12.3 Å². The number of aliphatic hydroxyl groups is 1. The molecule has 2 aromatic rings. The van der Waals surface area contributed by atoms with Crippen LogP contribution in [0.4, 0.5) is 0 Å². The molecule has 17 heavy (non-hydrogen) atoms. The Kier molecular flexibility index (Phi) is 3.91. The second kappa shape index (κ2) is 5.42. The van der Waals surface area contributed by atoms with E-state index in [1.165, 1.54) is 0 Å². The minimum atomic E-state index is 0.0594. The van der Waals surface area contributed by atoms with Crippen LogP contribution in [-0.4, -0.2) is 26.7 Å². The van der Waals surface area contributed by atoms with Crippen molar-refractivity contribution in [1.29, 1.82) is 0 Å². The van der Waals surface area contributed by atoms with Crippen LogP contribution in [0.1, 0.15) is 17.2 Å². The molecule has 0 bridgehead atoms. The fraction of sp³-hybridized carbons (Fsp3) is 0.333. The number of benzene rings is 1. The minimum absolute atomic E-state index is 0.0594. The Morgan fingerprint density at radius 1 is 1.47 bits per heavy atom. The van der Waals surface area contributed by atoms with Crippen LogP contribution < -0.4 is 0 Å². The largest absolute Gasteiger partial charge is 0.396 e. The van der Waals surface area contributed by atoms with Crippen molar-refractivity contribution >= 4 is 15.9 Å². The van der Waals surface area contributed by atoms with Gasteiger partial charge >= 0.3 is 0 Å². The maximum absolute atomic E-state index is 9.47. The first kappa shape index (κ1) is 12.3. The van der Waals surface area contributed by atoms with Crippen LogP contribution in [0.25, 0.3) is 0 Å². The first-order valence-electron chi connectivity index (χ1n) is 5.40. The van der Waals surface area contributed by atoms with Gasteiger partial charge in [0.15, 0.2) is 0 Å². The van der Waals surface area contributed by atoms with Crippen molar-refractivity contribution in [3.05, 3.63) is 46.2 Å². The molecule has 0 aliphatic carbocycles. The van der Waals surface area contributed by atoms with Crippen LogP contribution in [0.3, 0.4) is 0 Å². The van der Waals surface area contributed by atoms with Gasteiger partial charge in [0.25, 0.3) is 0 Å². The summed E-state index contributed by atoms with van der Waals surface area (Å²) in [6.45, 7) is 0.104. The lowest BCUT2D eigenvalue weighted by molar-refractivity contribution is 0.264. The van der Waals surface area contributed by atoms with E-state index in [0.717, 1.165) is 15.7 Å². The number of rotatable bonds is 4. The van der Waals surface area contributed by atoms with Crippen molar-refractivity contribution in [3.63, 3.8) is 0 Å². The molecule has 0 saturated carbocycles. The molecule has 90 valence electrons. The third-order valence-corrected chi connectivity index (χ3v) is 3.14. The Hall–Kier alpha value is -1.20. The lowest BCUT2D eigenvalue weighted by Crippen LogP contribution is -2.08. The van der Waals surface area contributed by atoms with Gasteiger partial charge in [-0.2, -0.15) is 0 Å². The summed E-state index contributed by atoms with van der Waals surface area (Å²) in [6, 6.07) is 7.98. The molecule has 1 aromatic carbocycles. The van der Waals surface area contributed by atoms with E-state index in [1.54, 1.807) is 4.68 Å². The lowest BCUT2D eigenvalue weighted by atomic mass is 9.95. The summed E-state index contributed by atoms with van der Waals surface area (Å²) in [5.74, 6) is 0.0594. The molecule has 1 aromatic heterocycles. The van der Waals surface area contributed by atoms with Crippen LogP contribution in [0.5, 0.6) is 0 Å². The van der Waals surface area contributed by atoms with Crippen molar-refractivity contribution in [2.45, 2.75) is 12.3 Å². The lowest BCUT2D eigenvalue weighted by Gasteiger charge is -2.13. The van der Waals surface area contributed by atoms with Gasteiger partial charge in [-0.15, -0.1) is 5.10 Å². The number of aliphatic hydroxyl groups excluding tert-OH is 1. The first-order valence-corrected chi connectivity index (χ1v) is 6.20. The SMILES string of the molecule is Cn1cc(CC(CO)c2cccc(Br)c2)nn1. The highest BCUT2D eigenvalue weighted by molar-refractivity contribution is 9.10. The highest BCUT2D eigenvalue weighted by Gasteiger charge is 2.13. The van der Waals surface area contributed by atoms with Gasteiger partial charge in [0.2, 0.25) is 0 Å². The second-order valence-corrected chi connectivity index (χ2v) is 4.94. The summed E-state index contributed by atoms with van der Waals surface area (Å²) in [5.41, 5.74) is 2.00. The molecule has 1 N–H and O–H groups in total. The first-order chi connectivity index (χ1) is 8.19. The van der Waals surface area contributed by atoms with E-state index in [-0.39, 0.29) is 12.5 Å². The van der Waals surface area contributed by atoms with Crippen molar-refractivity contribution in [2.75, 3.05) is 6.61 Å². The zero-order valence-corrected chi connectivity index (χ0v) is 11.1. The topological polar surface area (TPSA) is 50.9 Å². The number of nitrogens with zero attached hydrogens (tertiary/aromatic N) is 3. The molecule has 1 atom stereocenters. The summed E-state index contributed by atoms with van der Waals surface area (Å²) in [5, 5.41) is 17.4. The monoisotopic (exact) mass is 295 g/mol. The molecule has 0 aliphatic heterocycles. The number of hydrogen-bond donors (Lipinski definition) is 1. The van der Waals surface area contributed by atoms with Gasteiger partial charge in [-0.3, -0.25) is 4.68 Å². The number of halogens is 1. The second-order valence-electron chi connectivity index (χ2n) is 4.02. The summed E-state index contributed by atoms with van der Waals surface area (Å²) < 4.78 is 2.69. The predicted octanol–water partition coefficient (Wildman–Crippen LogP) is 1.90. The van der Waals surface area contributed by atoms with E-state index in [1.807, 2.05) is 37.5 Å². The standard InChI is InChI=1S/C12H14BrN3O/c1-16-7-12(14-15-16)6-10(8-17)9-3-2-4-11(13)5-9/h2-5,7,10,17H,6,8H2,1H3. The van der Waals surface area contributed by atoms with Crippen LogP contribution in [0.15, 0.2) is 34.9 Å². The zero-order valence-electron chi connectivity index (χ0n) is 9.55. The molecule has 5 heteroatoms. The number of hydrogen-bond acceptors (Lipinski definition) is 3. The fourth-order valence-corrected chi connectivity index (χ4v) is 2.21. The van der Waals surface area contributed by atoms with Gasteiger partial charge < -0.3 is 5.11 Å². The fourth-order valence-electron chi connectivity index (χ4n) is 1.79. The van der Waals surface area contributed by atoms with Crippen LogP contribution >= 0.6 is 15.9 Å². The molecule has 0 aliphatic rings. The van der Waals surface area contributed by atoms with Crippen molar-refractivity contribution in [1.82, 2.24) is 15.0 Å². The molecule has 0 amide bonds. The number of aryl methyl sites for hydroxylation is 1. The maximum Gasteiger partial charge on any atom is 0.0833 e. The quantitative estimate of drug-likeness (QED) is 0.937. The Bertz CT molecular complexity index is 498. The Morgan fingerprint density at radius 3 is 2.88 bits per heavy atom. The average Bonchev–Trinajstić information content (AvgIpc) is 2.72. The summed E-state index contributed by atoms with van der Waals surface area (Å²) in [7, 11) is 1.84. The summed E-state index contributed by atoms with van der Waals surface area (Å²) in [4.78, 5) is 0. The van der Waals surface area contributed by atoms with E-state index in [0.29, 0.717) is 6.42 Å². The van der Waals surface area contributed by atoms with Crippen molar-refractivity contribution in [3.8, 4) is 0 Å². The van der Waals surface area contributed by atoms with Gasteiger partial charge in [-0.05, 0) is 17.7 Å². The van der Waals surface area contributed by atoms with Gasteiger partial charge in [-0.25, -0.2) is 0 Å². The molecular weight excluding hydrogens is 282 g/mol. The Balaban J connectivity index is 2.16. The molecule has 4 nitrogen and oxygen atoms in total. The molecule has 0 radical (unpaired) electrons. The number of aromatic nitrogens is 3. The molecular formula is C12H14BrN3O. The summed E-state index contributed by atoms with van der Waals surface area (Å²) >= 11 is 3.44. The Labute approximate surface area is 108 Å². The van der Waals surface area contributed by atoms with E-state index in [4.69, 9.17) is 0 Å². The average molecular weight is 296 g/mol. The van der Waals surface area contributed by atoms with Crippen LogP contribution in [-0.2, 0) is 13.5 Å². The highest BCUT2D eigenvalue weighted by Crippen LogP contribution is 2.22. The summed E-state index contributed by atoms with van der Waals surface area (Å²) in [6.07, 6.45) is 2.57. The minimum Gasteiger partial charge on any atom is -0.396 e. The van der Waals surface area contributed by atoms with Gasteiger partial charge in [-0.1, -0.05) is 33.3 Å².